The van der Waals surface area contributed by atoms with Gasteiger partial charge in [0, 0.05) is 41.7 Å². The predicted octanol–water partition coefficient (Wildman–Crippen LogP) is 4.56. The van der Waals surface area contributed by atoms with E-state index in [-0.39, 0.29) is 18.0 Å². The first-order valence-corrected chi connectivity index (χ1v) is 10.8. The van der Waals surface area contributed by atoms with Crippen molar-refractivity contribution in [3.05, 3.63) is 65.0 Å². The SMILES string of the molecule is CC(C)NC(=O)Nc1ccc(CNC(=O)CCCc2nc(-c3ccc(Cl)cc3)no2)cc1. The fourth-order valence-corrected chi connectivity index (χ4v) is 3.02. The summed E-state index contributed by atoms with van der Waals surface area (Å²) in [6.07, 6.45) is 1.47. The van der Waals surface area contributed by atoms with Gasteiger partial charge in [-0.25, -0.2) is 4.79 Å². The number of carbonyl (C=O) groups excluding carboxylic acids is 2. The largest absolute Gasteiger partial charge is 0.352 e. The van der Waals surface area contributed by atoms with Crippen LogP contribution in [0.2, 0.25) is 5.02 Å². The molecule has 2 aromatic carbocycles. The van der Waals surface area contributed by atoms with Gasteiger partial charge in [-0.15, -0.1) is 0 Å². The number of anilines is 1. The van der Waals surface area contributed by atoms with Gasteiger partial charge in [0.15, 0.2) is 0 Å². The smallest absolute Gasteiger partial charge is 0.319 e. The van der Waals surface area contributed by atoms with Gasteiger partial charge in [0.1, 0.15) is 0 Å². The maximum absolute atomic E-state index is 12.1. The lowest BCUT2D eigenvalue weighted by Gasteiger charge is -2.10. The molecule has 3 rings (SSSR count). The average Bonchev–Trinajstić information content (AvgIpc) is 3.22. The van der Waals surface area contributed by atoms with Crippen molar-refractivity contribution in [2.45, 2.75) is 45.7 Å². The summed E-state index contributed by atoms with van der Waals surface area (Å²) in [6, 6.07) is 14.3. The molecule has 168 valence electrons. The van der Waals surface area contributed by atoms with E-state index in [1.165, 1.54) is 0 Å². The summed E-state index contributed by atoms with van der Waals surface area (Å²) >= 11 is 5.89. The zero-order chi connectivity index (χ0) is 22.9. The quantitative estimate of drug-likeness (QED) is 0.438. The Kier molecular flexibility index (Phi) is 8.21. The molecule has 9 heteroatoms. The third-order valence-corrected chi connectivity index (χ3v) is 4.74. The van der Waals surface area contributed by atoms with Crippen molar-refractivity contribution in [2.24, 2.45) is 0 Å². The molecule has 0 spiro atoms. The van der Waals surface area contributed by atoms with Crippen LogP contribution in [0.25, 0.3) is 11.4 Å². The molecule has 0 unspecified atom stereocenters. The molecular formula is C23H26ClN5O3. The second-order valence-corrected chi connectivity index (χ2v) is 8.04. The van der Waals surface area contributed by atoms with Crippen LogP contribution in [-0.4, -0.2) is 28.1 Å². The van der Waals surface area contributed by atoms with Gasteiger partial charge >= 0.3 is 6.03 Å². The van der Waals surface area contributed by atoms with Crippen molar-refractivity contribution in [1.82, 2.24) is 20.8 Å². The summed E-state index contributed by atoms with van der Waals surface area (Å²) in [7, 11) is 0. The molecule has 1 heterocycles. The molecule has 0 aliphatic rings. The fourth-order valence-electron chi connectivity index (χ4n) is 2.90. The third kappa shape index (κ3) is 7.39. The molecule has 0 atom stereocenters. The molecule has 1 aromatic heterocycles. The first kappa shape index (κ1) is 23.3. The Labute approximate surface area is 191 Å². The van der Waals surface area contributed by atoms with Crippen molar-refractivity contribution in [3.63, 3.8) is 0 Å². The van der Waals surface area contributed by atoms with E-state index in [9.17, 15) is 9.59 Å². The summed E-state index contributed by atoms with van der Waals surface area (Å²) < 4.78 is 5.26. The number of urea groups is 1. The number of nitrogens with one attached hydrogen (secondary N) is 3. The van der Waals surface area contributed by atoms with Crippen molar-refractivity contribution in [1.29, 1.82) is 0 Å². The molecule has 3 aromatic rings. The van der Waals surface area contributed by atoms with Crippen LogP contribution in [-0.2, 0) is 17.8 Å². The average molecular weight is 456 g/mol. The molecule has 0 saturated carbocycles. The van der Waals surface area contributed by atoms with Crippen LogP contribution in [0.3, 0.4) is 0 Å². The Morgan fingerprint density at radius 1 is 1.06 bits per heavy atom. The third-order valence-electron chi connectivity index (χ3n) is 4.49. The topological polar surface area (TPSA) is 109 Å². The van der Waals surface area contributed by atoms with E-state index < -0.39 is 0 Å². The molecule has 0 fully saturated rings. The summed E-state index contributed by atoms with van der Waals surface area (Å²) in [5, 5.41) is 13.0. The summed E-state index contributed by atoms with van der Waals surface area (Å²) in [5.74, 6) is 0.939. The fraction of sp³-hybridized carbons (Fsp3) is 0.304. The number of amides is 3. The monoisotopic (exact) mass is 455 g/mol. The lowest BCUT2D eigenvalue weighted by molar-refractivity contribution is -0.121. The van der Waals surface area contributed by atoms with Crippen LogP contribution in [0.4, 0.5) is 10.5 Å². The van der Waals surface area contributed by atoms with E-state index in [0.29, 0.717) is 48.2 Å². The highest BCUT2D eigenvalue weighted by atomic mass is 35.5. The van der Waals surface area contributed by atoms with Gasteiger partial charge in [-0.1, -0.05) is 28.9 Å². The normalized spacial score (nSPS) is 10.8. The van der Waals surface area contributed by atoms with E-state index in [0.717, 1.165) is 11.1 Å². The maximum atomic E-state index is 12.1. The van der Waals surface area contributed by atoms with Gasteiger partial charge in [0.2, 0.25) is 17.6 Å². The number of hydrogen-bond acceptors (Lipinski definition) is 5. The van der Waals surface area contributed by atoms with E-state index in [4.69, 9.17) is 16.1 Å². The van der Waals surface area contributed by atoms with Crippen LogP contribution in [0.1, 0.15) is 38.1 Å². The lowest BCUT2D eigenvalue weighted by Crippen LogP contribution is -2.34. The van der Waals surface area contributed by atoms with E-state index in [1.54, 1.807) is 24.3 Å². The molecular weight excluding hydrogens is 430 g/mol. The minimum absolute atomic E-state index is 0.0547. The first-order valence-electron chi connectivity index (χ1n) is 10.4. The highest BCUT2D eigenvalue weighted by molar-refractivity contribution is 6.30. The molecule has 0 saturated heterocycles. The maximum Gasteiger partial charge on any atom is 0.319 e. The van der Waals surface area contributed by atoms with Crippen molar-refractivity contribution >= 4 is 29.2 Å². The van der Waals surface area contributed by atoms with E-state index in [2.05, 4.69) is 26.1 Å². The van der Waals surface area contributed by atoms with E-state index >= 15 is 0 Å². The number of aryl methyl sites for hydroxylation is 1. The number of benzene rings is 2. The number of rotatable bonds is 9. The van der Waals surface area contributed by atoms with Crippen molar-refractivity contribution < 1.29 is 14.1 Å². The van der Waals surface area contributed by atoms with Crippen molar-refractivity contribution in [3.8, 4) is 11.4 Å². The molecule has 8 nitrogen and oxygen atoms in total. The zero-order valence-electron chi connectivity index (χ0n) is 18.0. The van der Waals surface area contributed by atoms with E-state index in [1.807, 2.05) is 38.1 Å². The van der Waals surface area contributed by atoms with Gasteiger partial charge in [-0.05, 0) is 62.2 Å². The second kappa shape index (κ2) is 11.3. The Morgan fingerprint density at radius 2 is 1.78 bits per heavy atom. The standard InChI is InChI=1S/C23H26ClN5O3/c1-15(2)26-23(31)27-19-12-6-16(7-13-19)14-25-20(30)4-3-5-21-28-22(29-32-21)17-8-10-18(24)11-9-17/h6-13,15H,3-5,14H2,1-2H3,(H,25,30)(H2,26,27,31). The molecule has 0 aliphatic carbocycles. The molecule has 3 N–H and O–H groups in total. The molecule has 32 heavy (non-hydrogen) atoms. The van der Waals surface area contributed by atoms with Crippen LogP contribution >= 0.6 is 11.6 Å². The van der Waals surface area contributed by atoms with Gasteiger partial charge < -0.3 is 20.5 Å². The number of aromatic nitrogens is 2. The zero-order valence-corrected chi connectivity index (χ0v) is 18.8. The number of carbonyl (C=O) groups is 2. The second-order valence-electron chi connectivity index (χ2n) is 7.60. The summed E-state index contributed by atoms with van der Waals surface area (Å²) in [5.41, 5.74) is 2.46. The van der Waals surface area contributed by atoms with Gasteiger partial charge in [-0.2, -0.15) is 4.98 Å². The molecule has 0 bridgehead atoms. The Morgan fingerprint density at radius 3 is 2.47 bits per heavy atom. The van der Waals surface area contributed by atoms with Crippen LogP contribution in [0.15, 0.2) is 53.1 Å². The predicted molar refractivity (Wildman–Crippen MR) is 123 cm³/mol. The minimum atomic E-state index is -0.248. The van der Waals surface area contributed by atoms with Gasteiger partial charge in [0.25, 0.3) is 0 Å². The Bertz CT molecular complexity index is 1030. The van der Waals surface area contributed by atoms with Crippen LogP contribution in [0.5, 0.6) is 0 Å². The molecule has 3 amide bonds. The van der Waals surface area contributed by atoms with Crippen LogP contribution < -0.4 is 16.0 Å². The minimum Gasteiger partial charge on any atom is -0.352 e. The van der Waals surface area contributed by atoms with Crippen LogP contribution in [0, 0.1) is 0 Å². The molecule has 0 radical (unpaired) electrons. The molecule has 0 aliphatic heterocycles. The Hall–Kier alpha value is -3.39. The first-order chi connectivity index (χ1) is 15.4. The summed E-state index contributed by atoms with van der Waals surface area (Å²) in [6.45, 7) is 4.20. The highest BCUT2D eigenvalue weighted by Gasteiger charge is 2.10. The summed E-state index contributed by atoms with van der Waals surface area (Å²) in [4.78, 5) is 28.2. The number of nitrogens with zero attached hydrogens (tertiary/aromatic N) is 2. The number of hydrogen-bond donors (Lipinski definition) is 3. The Balaban J connectivity index is 1.37. The number of halogens is 1. The highest BCUT2D eigenvalue weighted by Crippen LogP contribution is 2.19. The lowest BCUT2D eigenvalue weighted by atomic mass is 10.2. The van der Waals surface area contributed by atoms with Crippen molar-refractivity contribution in [2.75, 3.05) is 5.32 Å². The van der Waals surface area contributed by atoms with Gasteiger partial charge in [-0.3, -0.25) is 4.79 Å². The van der Waals surface area contributed by atoms with Gasteiger partial charge in [0.05, 0.1) is 0 Å².